The van der Waals surface area contributed by atoms with E-state index >= 15 is 0 Å². The standard InChI is InChI=1S/C14H13ClO2S2/c1-9-7-11(10(2)18-9)13(16)8-19(17)14-6-4-3-5-12(14)15/h3-7H,8H2,1-2H3. The van der Waals surface area contributed by atoms with Crippen LogP contribution in [0.1, 0.15) is 20.1 Å². The lowest BCUT2D eigenvalue weighted by atomic mass is 10.2. The van der Waals surface area contributed by atoms with Crippen molar-refractivity contribution in [2.45, 2.75) is 18.7 Å². The molecule has 19 heavy (non-hydrogen) atoms. The summed E-state index contributed by atoms with van der Waals surface area (Å²) < 4.78 is 12.2. The largest absolute Gasteiger partial charge is 0.293 e. The van der Waals surface area contributed by atoms with E-state index in [-0.39, 0.29) is 11.5 Å². The van der Waals surface area contributed by atoms with Crippen LogP contribution in [-0.2, 0) is 10.8 Å². The van der Waals surface area contributed by atoms with Gasteiger partial charge in [-0.15, -0.1) is 11.3 Å². The summed E-state index contributed by atoms with van der Waals surface area (Å²) in [5.74, 6) is -0.124. The molecule has 100 valence electrons. The van der Waals surface area contributed by atoms with Crippen molar-refractivity contribution >= 4 is 39.5 Å². The highest BCUT2D eigenvalue weighted by molar-refractivity contribution is 7.86. The molecular weight excluding hydrogens is 300 g/mol. The molecule has 0 N–H and O–H groups in total. The third kappa shape index (κ3) is 3.32. The molecule has 0 amide bonds. The molecule has 0 aliphatic carbocycles. The number of carbonyl (C=O) groups is 1. The van der Waals surface area contributed by atoms with Crippen molar-refractivity contribution in [1.29, 1.82) is 0 Å². The number of aryl methyl sites for hydroxylation is 2. The maximum absolute atomic E-state index is 12.2. The number of carbonyl (C=O) groups excluding carboxylic acids is 1. The molecule has 0 aliphatic heterocycles. The number of hydrogen-bond donors (Lipinski definition) is 0. The Morgan fingerprint density at radius 2 is 2.00 bits per heavy atom. The van der Waals surface area contributed by atoms with Crippen molar-refractivity contribution in [3.63, 3.8) is 0 Å². The molecule has 0 saturated carbocycles. The number of halogens is 1. The Kier molecular flexibility index (Phi) is 4.55. The van der Waals surface area contributed by atoms with E-state index in [1.54, 1.807) is 35.6 Å². The predicted octanol–water partition coefficient (Wildman–Crippen LogP) is 4.01. The van der Waals surface area contributed by atoms with E-state index in [0.717, 1.165) is 9.75 Å². The number of ketones is 1. The first kappa shape index (κ1) is 14.4. The second-order valence-corrected chi connectivity index (χ2v) is 7.46. The summed E-state index contributed by atoms with van der Waals surface area (Å²) in [4.78, 5) is 14.7. The van der Waals surface area contributed by atoms with Crippen LogP contribution in [0.25, 0.3) is 0 Å². The minimum atomic E-state index is -1.40. The fraction of sp³-hybridized carbons (Fsp3) is 0.214. The van der Waals surface area contributed by atoms with Crippen LogP contribution in [0.4, 0.5) is 0 Å². The van der Waals surface area contributed by atoms with Crippen LogP contribution in [0, 0.1) is 13.8 Å². The molecule has 0 saturated heterocycles. The Balaban J connectivity index is 2.18. The molecule has 0 aliphatic rings. The molecule has 1 aromatic heterocycles. The Hall–Kier alpha value is -0.970. The quantitative estimate of drug-likeness (QED) is 0.799. The summed E-state index contributed by atoms with van der Waals surface area (Å²) in [6.07, 6.45) is 0. The highest BCUT2D eigenvalue weighted by atomic mass is 35.5. The lowest BCUT2D eigenvalue weighted by molar-refractivity contribution is 0.102. The second-order valence-electron chi connectivity index (χ2n) is 4.17. The molecule has 0 bridgehead atoms. The molecule has 1 atom stereocenters. The third-order valence-corrected chi connectivity index (χ3v) is 5.46. The number of hydrogen-bond acceptors (Lipinski definition) is 3. The smallest absolute Gasteiger partial charge is 0.176 e. The van der Waals surface area contributed by atoms with Gasteiger partial charge in [-0.1, -0.05) is 23.7 Å². The molecule has 1 aromatic carbocycles. The highest BCUT2D eigenvalue weighted by Gasteiger charge is 2.17. The van der Waals surface area contributed by atoms with Gasteiger partial charge in [-0.3, -0.25) is 9.00 Å². The van der Waals surface area contributed by atoms with Crippen molar-refractivity contribution in [2.75, 3.05) is 5.75 Å². The average molecular weight is 313 g/mol. The molecule has 2 rings (SSSR count). The van der Waals surface area contributed by atoms with Gasteiger partial charge in [-0.2, -0.15) is 0 Å². The molecular formula is C14H13ClO2S2. The zero-order chi connectivity index (χ0) is 14.0. The van der Waals surface area contributed by atoms with E-state index in [0.29, 0.717) is 15.5 Å². The third-order valence-electron chi connectivity index (χ3n) is 2.69. The van der Waals surface area contributed by atoms with Crippen LogP contribution in [0.3, 0.4) is 0 Å². The van der Waals surface area contributed by atoms with Crippen molar-refractivity contribution in [3.8, 4) is 0 Å². The summed E-state index contributed by atoms with van der Waals surface area (Å²) >= 11 is 7.56. The van der Waals surface area contributed by atoms with Crippen LogP contribution in [0.2, 0.25) is 5.02 Å². The first-order valence-corrected chi connectivity index (χ1v) is 8.23. The molecule has 0 fully saturated rings. The first-order chi connectivity index (χ1) is 8.99. The fourth-order valence-corrected chi connectivity index (χ4v) is 4.21. The first-order valence-electron chi connectivity index (χ1n) is 5.72. The molecule has 1 unspecified atom stereocenters. The van der Waals surface area contributed by atoms with Gasteiger partial charge in [0.25, 0.3) is 0 Å². The number of Topliss-reactive ketones (excluding diaryl/α,β-unsaturated/α-hetero) is 1. The van der Waals surface area contributed by atoms with Gasteiger partial charge in [0, 0.05) is 15.3 Å². The SMILES string of the molecule is Cc1cc(C(=O)CS(=O)c2ccccc2Cl)c(C)s1. The summed E-state index contributed by atoms with van der Waals surface area (Å²) in [6, 6.07) is 8.77. The minimum Gasteiger partial charge on any atom is -0.293 e. The average Bonchev–Trinajstić information content (AvgIpc) is 2.69. The van der Waals surface area contributed by atoms with Gasteiger partial charge < -0.3 is 0 Å². The van der Waals surface area contributed by atoms with Gasteiger partial charge >= 0.3 is 0 Å². The summed E-state index contributed by atoms with van der Waals surface area (Å²) in [6.45, 7) is 3.86. The zero-order valence-corrected chi connectivity index (χ0v) is 13.0. The molecule has 0 spiro atoms. The van der Waals surface area contributed by atoms with E-state index in [4.69, 9.17) is 11.6 Å². The monoisotopic (exact) mass is 312 g/mol. The van der Waals surface area contributed by atoms with E-state index < -0.39 is 10.8 Å². The van der Waals surface area contributed by atoms with Gasteiger partial charge in [0.05, 0.1) is 26.5 Å². The number of thiophene rings is 1. The van der Waals surface area contributed by atoms with Crippen LogP contribution in [0.5, 0.6) is 0 Å². The minimum absolute atomic E-state index is 0.0270. The van der Waals surface area contributed by atoms with Gasteiger partial charge in [-0.25, -0.2) is 0 Å². The van der Waals surface area contributed by atoms with Gasteiger partial charge in [0.15, 0.2) is 5.78 Å². The molecule has 0 radical (unpaired) electrons. The summed E-state index contributed by atoms with van der Waals surface area (Å²) in [7, 11) is -1.40. The fourth-order valence-electron chi connectivity index (χ4n) is 1.81. The predicted molar refractivity (Wildman–Crippen MR) is 80.9 cm³/mol. The zero-order valence-electron chi connectivity index (χ0n) is 10.6. The van der Waals surface area contributed by atoms with Gasteiger partial charge in [0.2, 0.25) is 0 Å². The summed E-state index contributed by atoms with van der Waals surface area (Å²) in [5.41, 5.74) is 0.669. The molecule has 2 nitrogen and oxygen atoms in total. The van der Waals surface area contributed by atoms with Crippen molar-refractivity contribution in [3.05, 3.63) is 50.7 Å². The Morgan fingerprint density at radius 3 is 2.58 bits per heavy atom. The lowest BCUT2D eigenvalue weighted by Gasteiger charge is -2.03. The molecule has 5 heteroatoms. The Bertz CT molecular complexity index is 647. The van der Waals surface area contributed by atoms with Crippen molar-refractivity contribution in [2.24, 2.45) is 0 Å². The normalized spacial score (nSPS) is 12.4. The summed E-state index contributed by atoms with van der Waals surface area (Å²) in [5, 5.41) is 0.437. The van der Waals surface area contributed by atoms with Crippen molar-refractivity contribution < 1.29 is 9.00 Å². The van der Waals surface area contributed by atoms with Crippen LogP contribution >= 0.6 is 22.9 Å². The maximum Gasteiger partial charge on any atom is 0.176 e. The van der Waals surface area contributed by atoms with Crippen LogP contribution < -0.4 is 0 Å². The number of benzene rings is 1. The van der Waals surface area contributed by atoms with E-state index in [1.165, 1.54) is 0 Å². The topological polar surface area (TPSA) is 34.1 Å². The van der Waals surface area contributed by atoms with Crippen molar-refractivity contribution in [1.82, 2.24) is 0 Å². The van der Waals surface area contributed by atoms with Crippen LogP contribution in [-0.4, -0.2) is 15.7 Å². The Labute approximate surface area is 123 Å². The lowest BCUT2D eigenvalue weighted by Crippen LogP contribution is -2.11. The van der Waals surface area contributed by atoms with E-state index in [9.17, 15) is 9.00 Å². The van der Waals surface area contributed by atoms with Crippen LogP contribution in [0.15, 0.2) is 35.2 Å². The Morgan fingerprint density at radius 1 is 1.32 bits per heavy atom. The molecule has 2 aromatic rings. The van der Waals surface area contributed by atoms with Gasteiger partial charge in [-0.05, 0) is 32.0 Å². The van der Waals surface area contributed by atoms with E-state index in [2.05, 4.69) is 0 Å². The second kappa shape index (κ2) is 5.99. The maximum atomic E-state index is 12.2. The molecule has 1 heterocycles. The highest BCUT2D eigenvalue weighted by Crippen LogP contribution is 2.23. The number of rotatable bonds is 4. The van der Waals surface area contributed by atoms with Gasteiger partial charge in [0.1, 0.15) is 0 Å². The van der Waals surface area contributed by atoms with E-state index in [1.807, 2.05) is 19.9 Å².